The van der Waals surface area contributed by atoms with Crippen LogP contribution in [0.15, 0.2) is 23.1 Å². The Morgan fingerprint density at radius 2 is 1.66 bits per heavy atom. The minimum absolute atomic E-state index is 0.0132. The number of sulfonamides is 1. The van der Waals surface area contributed by atoms with Crippen LogP contribution in [0.5, 0.6) is 0 Å². The predicted molar refractivity (Wildman–Crippen MR) is 115 cm³/mol. The summed E-state index contributed by atoms with van der Waals surface area (Å²) in [6, 6.07) is 5.43. The van der Waals surface area contributed by atoms with Gasteiger partial charge in [0.15, 0.2) is 0 Å². The van der Waals surface area contributed by atoms with E-state index in [1.54, 1.807) is 12.1 Å². The number of likely N-dealkylation sites (tertiary alicyclic amines) is 1. The molecule has 0 unspecified atom stereocenters. The summed E-state index contributed by atoms with van der Waals surface area (Å²) < 4.78 is 26.7. The van der Waals surface area contributed by atoms with Crippen LogP contribution in [-0.4, -0.2) is 63.3 Å². The zero-order valence-electron chi connectivity index (χ0n) is 17.6. The molecule has 0 spiro atoms. The Bertz CT molecular complexity index is 860. The van der Waals surface area contributed by atoms with E-state index in [9.17, 15) is 13.2 Å². The van der Waals surface area contributed by atoms with Crippen molar-refractivity contribution in [1.82, 2.24) is 9.21 Å². The maximum atomic E-state index is 13.8. The van der Waals surface area contributed by atoms with Crippen molar-refractivity contribution >= 4 is 21.6 Å². The molecular formula is C22H33N3O3S. The molecule has 0 aromatic heterocycles. The van der Waals surface area contributed by atoms with Crippen molar-refractivity contribution in [3.63, 3.8) is 0 Å². The molecule has 160 valence electrons. The molecule has 29 heavy (non-hydrogen) atoms. The quantitative estimate of drug-likeness (QED) is 0.751. The number of hydrogen-bond acceptors (Lipinski definition) is 4. The van der Waals surface area contributed by atoms with Crippen LogP contribution >= 0.6 is 0 Å². The van der Waals surface area contributed by atoms with E-state index in [1.807, 2.05) is 6.07 Å². The van der Waals surface area contributed by atoms with Crippen LogP contribution in [-0.2, 0) is 10.0 Å². The molecule has 3 fully saturated rings. The molecule has 4 rings (SSSR count). The van der Waals surface area contributed by atoms with Crippen LogP contribution in [0.4, 0.5) is 5.69 Å². The summed E-state index contributed by atoms with van der Waals surface area (Å²) in [6.07, 6.45) is 9.20. The van der Waals surface area contributed by atoms with Crippen LogP contribution < -0.4 is 4.90 Å². The SMILES string of the molecule is CN(C)S(=O)(=O)c1ccc(N2CCCC2)c(C(=O)N2CCC[C@@H]3CCCC[C@@H]32)c1. The first-order valence-electron chi connectivity index (χ1n) is 11.0. The predicted octanol–water partition coefficient (Wildman–Crippen LogP) is 3.33. The Morgan fingerprint density at radius 1 is 0.966 bits per heavy atom. The summed E-state index contributed by atoms with van der Waals surface area (Å²) >= 11 is 0. The van der Waals surface area contributed by atoms with E-state index in [0.29, 0.717) is 17.5 Å². The van der Waals surface area contributed by atoms with Crippen molar-refractivity contribution in [1.29, 1.82) is 0 Å². The molecule has 1 aromatic rings. The molecule has 0 N–H and O–H groups in total. The van der Waals surface area contributed by atoms with Crippen molar-refractivity contribution in [2.75, 3.05) is 38.6 Å². The summed E-state index contributed by atoms with van der Waals surface area (Å²) in [4.78, 5) is 18.3. The molecule has 1 aliphatic carbocycles. The smallest absolute Gasteiger partial charge is 0.256 e. The first kappa shape index (κ1) is 20.7. The Morgan fingerprint density at radius 3 is 2.38 bits per heavy atom. The summed E-state index contributed by atoms with van der Waals surface area (Å²) in [6.45, 7) is 2.63. The highest BCUT2D eigenvalue weighted by molar-refractivity contribution is 7.89. The second-order valence-electron chi connectivity index (χ2n) is 8.91. The Kier molecular flexibility index (Phi) is 5.89. The number of fused-ring (bicyclic) bond motifs is 1. The van der Waals surface area contributed by atoms with E-state index in [0.717, 1.165) is 51.0 Å². The van der Waals surface area contributed by atoms with Gasteiger partial charge in [-0.15, -0.1) is 0 Å². The summed E-state index contributed by atoms with van der Waals surface area (Å²) in [7, 11) is -0.523. The van der Waals surface area contributed by atoms with Gasteiger partial charge in [0.1, 0.15) is 0 Å². The van der Waals surface area contributed by atoms with E-state index < -0.39 is 10.0 Å². The number of amides is 1. The first-order chi connectivity index (χ1) is 13.9. The molecule has 1 saturated carbocycles. The first-order valence-corrected chi connectivity index (χ1v) is 12.5. The monoisotopic (exact) mass is 419 g/mol. The Balaban J connectivity index is 1.73. The van der Waals surface area contributed by atoms with Crippen molar-refractivity contribution in [2.45, 2.75) is 62.3 Å². The molecule has 0 bridgehead atoms. The highest BCUT2D eigenvalue weighted by Crippen LogP contribution is 2.37. The minimum atomic E-state index is -3.58. The lowest BCUT2D eigenvalue weighted by atomic mass is 9.78. The van der Waals surface area contributed by atoms with Crippen LogP contribution in [0.2, 0.25) is 0 Å². The fourth-order valence-corrected chi connectivity index (χ4v) is 6.25. The van der Waals surface area contributed by atoms with Crippen LogP contribution in [0.3, 0.4) is 0 Å². The molecule has 0 radical (unpaired) electrons. The van der Waals surface area contributed by atoms with Crippen molar-refractivity contribution in [2.24, 2.45) is 5.92 Å². The van der Waals surface area contributed by atoms with Gasteiger partial charge >= 0.3 is 0 Å². The minimum Gasteiger partial charge on any atom is -0.371 e. The van der Waals surface area contributed by atoms with Gasteiger partial charge in [0.05, 0.1) is 10.5 Å². The van der Waals surface area contributed by atoms with Crippen LogP contribution in [0.1, 0.15) is 61.7 Å². The molecule has 6 nitrogen and oxygen atoms in total. The average molecular weight is 420 g/mol. The topological polar surface area (TPSA) is 60.9 Å². The van der Waals surface area contributed by atoms with Gasteiger partial charge in [0, 0.05) is 45.5 Å². The van der Waals surface area contributed by atoms with Crippen molar-refractivity contribution in [3.05, 3.63) is 23.8 Å². The molecule has 2 aliphatic heterocycles. The van der Waals surface area contributed by atoms with Gasteiger partial charge < -0.3 is 9.80 Å². The Hall–Kier alpha value is -1.60. The summed E-state index contributed by atoms with van der Waals surface area (Å²) in [5.41, 5.74) is 1.45. The van der Waals surface area contributed by atoms with Gasteiger partial charge in [-0.2, -0.15) is 0 Å². The third-order valence-corrected chi connectivity index (χ3v) is 8.74. The lowest BCUT2D eigenvalue weighted by Crippen LogP contribution is -2.50. The number of hydrogen-bond donors (Lipinski definition) is 0. The second kappa shape index (κ2) is 8.26. The van der Waals surface area contributed by atoms with Gasteiger partial charge in [-0.3, -0.25) is 4.79 Å². The maximum Gasteiger partial charge on any atom is 0.256 e. The second-order valence-corrected chi connectivity index (χ2v) is 11.1. The van der Waals surface area contributed by atoms with E-state index >= 15 is 0 Å². The van der Waals surface area contributed by atoms with Gasteiger partial charge in [0.2, 0.25) is 10.0 Å². The lowest BCUT2D eigenvalue weighted by Gasteiger charge is -2.44. The van der Waals surface area contributed by atoms with Crippen molar-refractivity contribution in [3.8, 4) is 0 Å². The number of carbonyl (C=O) groups is 1. The van der Waals surface area contributed by atoms with Gasteiger partial charge in [-0.05, 0) is 62.6 Å². The average Bonchev–Trinajstić information content (AvgIpc) is 3.27. The van der Waals surface area contributed by atoms with Crippen LogP contribution in [0.25, 0.3) is 0 Å². The third kappa shape index (κ3) is 3.91. The maximum absolute atomic E-state index is 13.8. The zero-order valence-corrected chi connectivity index (χ0v) is 18.5. The number of anilines is 1. The van der Waals surface area contributed by atoms with Gasteiger partial charge in [0.25, 0.3) is 5.91 Å². The highest BCUT2D eigenvalue weighted by Gasteiger charge is 2.37. The van der Waals surface area contributed by atoms with E-state index in [2.05, 4.69) is 9.80 Å². The largest absolute Gasteiger partial charge is 0.371 e. The number of carbonyl (C=O) groups excluding carboxylic acids is 1. The number of rotatable bonds is 4. The molecule has 2 heterocycles. The highest BCUT2D eigenvalue weighted by atomic mass is 32.2. The molecule has 3 aliphatic rings. The summed E-state index contributed by atoms with van der Waals surface area (Å²) in [5.74, 6) is 0.615. The standard InChI is InChI=1S/C22H33N3O3S/c1-23(2)29(27,28)18-11-12-21(24-13-5-6-14-24)19(16-18)22(26)25-15-7-9-17-8-3-4-10-20(17)25/h11-12,16-17,20H,3-10,13-15H2,1-2H3/t17-,20-/m0/s1. The van der Waals surface area contributed by atoms with Gasteiger partial charge in [-0.1, -0.05) is 12.8 Å². The molecule has 2 saturated heterocycles. The lowest BCUT2D eigenvalue weighted by molar-refractivity contribution is 0.0391. The zero-order chi connectivity index (χ0) is 20.6. The number of benzene rings is 1. The summed E-state index contributed by atoms with van der Waals surface area (Å²) in [5, 5.41) is 0. The molecule has 2 atom stereocenters. The fourth-order valence-electron chi connectivity index (χ4n) is 5.32. The molecule has 1 amide bonds. The number of piperidine rings is 1. The van der Waals surface area contributed by atoms with E-state index in [1.165, 1.54) is 44.1 Å². The third-order valence-electron chi connectivity index (χ3n) is 6.93. The van der Waals surface area contributed by atoms with Gasteiger partial charge in [-0.25, -0.2) is 12.7 Å². The fraction of sp³-hybridized carbons (Fsp3) is 0.682. The normalized spacial score (nSPS) is 25.3. The van der Waals surface area contributed by atoms with E-state index in [4.69, 9.17) is 0 Å². The Labute approximate surface area is 174 Å². The molecule has 1 aromatic carbocycles. The molecule has 7 heteroatoms. The van der Waals surface area contributed by atoms with Crippen molar-refractivity contribution < 1.29 is 13.2 Å². The molecular weight excluding hydrogens is 386 g/mol. The van der Waals surface area contributed by atoms with E-state index in [-0.39, 0.29) is 10.8 Å². The van der Waals surface area contributed by atoms with Crippen LogP contribution in [0, 0.1) is 5.92 Å². The number of nitrogens with zero attached hydrogens (tertiary/aromatic N) is 3.